The highest BCUT2D eigenvalue weighted by Gasteiger charge is 1.96. The van der Waals surface area contributed by atoms with Gasteiger partial charge in [0.1, 0.15) is 5.75 Å². The van der Waals surface area contributed by atoms with E-state index in [2.05, 4.69) is 17.1 Å². The maximum Gasteiger partial charge on any atom is 0.122 e. The number of allylic oxidation sites excluding steroid dienone is 1. The number of rotatable bonds is 5. The van der Waals surface area contributed by atoms with Crippen LogP contribution in [-0.2, 0) is 0 Å². The number of phenols is 1. The van der Waals surface area contributed by atoms with E-state index in [0.29, 0.717) is 0 Å². The molecule has 0 aliphatic heterocycles. The minimum atomic E-state index is 0.278. The number of phenolic OH excluding ortho intramolecular Hbond substituents is 1. The van der Waals surface area contributed by atoms with Gasteiger partial charge in [-0.25, -0.2) is 0 Å². The number of hydrogen-bond donors (Lipinski definition) is 1. The van der Waals surface area contributed by atoms with E-state index in [1.807, 2.05) is 38.1 Å². The molecule has 0 aliphatic rings. The van der Waals surface area contributed by atoms with Gasteiger partial charge in [0.25, 0.3) is 0 Å². The van der Waals surface area contributed by atoms with Gasteiger partial charge in [-0.15, -0.1) is 0 Å². The predicted octanol–water partition coefficient (Wildman–Crippen LogP) is 4.04. The van der Waals surface area contributed by atoms with E-state index in [4.69, 9.17) is 0 Å². The van der Waals surface area contributed by atoms with E-state index in [0.717, 1.165) is 29.8 Å². The van der Waals surface area contributed by atoms with Crippen LogP contribution in [0.1, 0.15) is 39.2 Å². The average Bonchev–Trinajstić information content (AvgIpc) is 2.34. The van der Waals surface area contributed by atoms with Crippen LogP contribution in [0, 0.1) is 0 Å². The zero-order chi connectivity index (χ0) is 13.4. The summed E-state index contributed by atoms with van der Waals surface area (Å²) < 4.78 is 0. The number of benzene rings is 1. The molecule has 0 heterocycles. The lowest BCUT2D eigenvalue weighted by Crippen LogP contribution is -1.92. The smallest absolute Gasteiger partial charge is 0.122 e. The summed E-state index contributed by atoms with van der Waals surface area (Å²) in [6.45, 7) is 5.94. The summed E-state index contributed by atoms with van der Waals surface area (Å²) in [4.78, 5) is 0. The van der Waals surface area contributed by atoms with Gasteiger partial charge in [-0.05, 0) is 38.5 Å². The van der Waals surface area contributed by atoms with E-state index < -0.39 is 0 Å². The van der Waals surface area contributed by atoms with Crippen molar-refractivity contribution in [2.75, 3.05) is 0 Å². The van der Waals surface area contributed by atoms with E-state index in [1.165, 1.54) is 0 Å². The first kappa shape index (κ1) is 14.2. The quantitative estimate of drug-likeness (QED) is 0.616. The third-order valence-electron chi connectivity index (χ3n) is 2.28. The normalized spacial score (nSPS) is 11.8. The van der Waals surface area contributed by atoms with Gasteiger partial charge in [-0.1, -0.05) is 31.5 Å². The van der Waals surface area contributed by atoms with Crippen LogP contribution in [-0.4, -0.2) is 16.5 Å². The minimum Gasteiger partial charge on any atom is -0.507 e. The standard InChI is InChI=1S/C15H20N2O/c1-4-7-14(17-16-12(2)3)11-10-13-8-5-6-9-15(13)18/h5-6,8-11,18H,4,7H2,1-3H3/b11-10+,17-14+. The molecular formula is C15H20N2O. The average molecular weight is 244 g/mol. The van der Waals surface area contributed by atoms with Crippen LogP contribution in [0.4, 0.5) is 0 Å². The van der Waals surface area contributed by atoms with Gasteiger partial charge in [0.2, 0.25) is 0 Å². The summed E-state index contributed by atoms with van der Waals surface area (Å²) in [5, 5.41) is 17.9. The largest absolute Gasteiger partial charge is 0.507 e. The highest BCUT2D eigenvalue weighted by Crippen LogP contribution is 2.17. The van der Waals surface area contributed by atoms with Crippen LogP contribution in [0.25, 0.3) is 6.08 Å². The Labute approximate surface area is 109 Å². The summed E-state index contributed by atoms with van der Waals surface area (Å²) >= 11 is 0. The molecule has 96 valence electrons. The third kappa shape index (κ3) is 4.95. The van der Waals surface area contributed by atoms with Crippen LogP contribution >= 0.6 is 0 Å². The summed E-state index contributed by atoms with van der Waals surface area (Å²) in [5.74, 6) is 0.278. The molecule has 0 fully saturated rings. The number of aromatic hydroxyl groups is 1. The summed E-state index contributed by atoms with van der Waals surface area (Å²) in [5.41, 5.74) is 2.64. The Kier molecular flexibility index (Phi) is 5.85. The first-order valence-electron chi connectivity index (χ1n) is 6.17. The van der Waals surface area contributed by atoms with Gasteiger partial charge in [0.05, 0.1) is 5.71 Å². The molecule has 0 spiro atoms. The second kappa shape index (κ2) is 7.43. The molecule has 3 heteroatoms. The Balaban J connectivity index is 2.87. The molecular weight excluding hydrogens is 224 g/mol. The lowest BCUT2D eigenvalue weighted by Gasteiger charge is -1.99. The minimum absolute atomic E-state index is 0.278. The first-order chi connectivity index (χ1) is 8.63. The zero-order valence-electron chi connectivity index (χ0n) is 11.2. The molecule has 1 aromatic carbocycles. The van der Waals surface area contributed by atoms with E-state index in [-0.39, 0.29) is 5.75 Å². The second-order valence-electron chi connectivity index (χ2n) is 4.28. The first-order valence-corrected chi connectivity index (χ1v) is 6.17. The Morgan fingerprint density at radius 1 is 1.22 bits per heavy atom. The van der Waals surface area contributed by atoms with Crippen molar-refractivity contribution in [2.24, 2.45) is 10.2 Å². The fourth-order valence-corrected chi connectivity index (χ4v) is 1.40. The fraction of sp³-hybridized carbons (Fsp3) is 0.333. The maximum absolute atomic E-state index is 9.65. The molecule has 0 radical (unpaired) electrons. The van der Waals surface area contributed by atoms with Gasteiger partial charge in [-0.2, -0.15) is 10.2 Å². The molecule has 18 heavy (non-hydrogen) atoms. The third-order valence-corrected chi connectivity index (χ3v) is 2.28. The van der Waals surface area contributed by atoms with E-state index in [9.17, 15) is 5.11 Å². The Hall–Kier alpha value is -1.90. The molecule has 0 unspecified atom stereocenters. The number of nitrogens with zero attached hydrogens (tertiary/aromatic N) is 2. The van der Waals surface area contributed by atoms with Crippen molar-refractivity contribution in [1.29, 1.82) is 0 Å². The van der Waals surface area contributed by atoms with Crippen molar-refractivity contribution >= 4 is 17.5 Å². The topological polar surface area (TPSA) is 45.0 Å². The highest BCUT2D eigenvalue weighted by molar-refractivity contribution is 5.98. The predicted molar refractivity (Wildman–Crippen MR) is 78.3 cm³/mol. The summed E-state index contributed by atoms with van der Waals surface area (Å²) in [6, 6.07) is 7.23. The van der Waals surface area contributed by atoms with Crippen LogP contribution in [0.2, 0.25) is 0 Å². The molecule has 0 aliphatic carbocycles. The van der Waals surface area contributed by atoms with Crippen molar-refractivity contribution in [3.8, 4) is 5.75 Å². The maximum atomic E-state index is 9.65. The van der Waals surface area contributed by atoms with Crippen molar-refractivity contribution < 1.29 is 5.11 Å². The molecule has 0 saturated heterocycles. The molecule has 3 nitrogen and oxygen atoms in total. The van der Waals surface area contributed by atoms with E-state index >= 15 is 0 Å². The van der Waals surface area contributed by atoms with Crippen molar-refractivity contribution in [3.63, 3.8) is 0 Å². The summed E-state index contributed by atoms with van der Waals surface area (Å²) in [7, 11) is 0. The van der Waals surface area contributed by atoms with Gasteiger partial charge < -0.3 is 5.11 Å². The Morgan fingerprint density at radius 2 is 1.94 bits per heavy atom. The van der Waals surface area contributed by atoms with Crippen molar-refractivity contribution in [2.45, 2.75) is 33.6 Å². The second-order valence-corrected chi connectivity index (χ2v) is 4.28. The molecule has 0 atom stereocenters. The van der Waals surface area contributed by atoms with Gasteiger partial charge in [-0.3, -0.25) is 0 Å². The molecule has 0 bridgehead atoms. The molecule has 1 N–H and O–H groups in total. The number of para-hydroxylation sites is 1. The van der Waals surface area contributed by atoms with Gasteiger partial charge in [0.15, 0.2) is 0 Å². The molecule has 0 saturated carbocycles. The fourth-order valence-electron chi connectivity index (χ4n) is 1.40. The summed E-state index contributed by atoms with van der Waals surface area (Å²) in [6.07, 6.45) is 5.67. The number of hydrogen-bond acceptors (Lipinski definition) is 3. The molecule has 1 rings (SSSR count). The Morgan fingerprint density at radius 3 is 2.56 bits per heavy atom. The van der Waals surface area contributed by atoms with Crippen molar-refractivity contribution in [3.05, 3.63) is 35.9 Å². The van der Waals surface area contributed by atoms with Crippen LogP contribution < -0.4 is 0 Å². The molecule has 1 aromatic rings. The van der Waals surface area contributed by atoms with E-state index in [1.54, 1.807) is 12.1 Å². The Bertz CT molecular complexity index is 469. The highest BCUT2D eigenvalue weighted by atomic mass is 16.3. The van der Waals surface area contributed by atoms with Crippen LogP contribution in [0.3, 0.4) is 0 Å². The SMILES string of the molecule is CCCC(/C=C/c1ccccc1O)=N\N=C(C)C. The monoisotopic (exact) mass is 244 g/mol. The molecule has 0 amide bonds. The molecule has 0 aromatic heterocycles. The van der Waals surface area contributed by atoms with Crippen molar-refractivity contribution in [1.82, 2.24) is 0 Å². The lowest BCUT2D eigenvalue weighted by atomic mass is 10.1. The van der Waals surface area contributed by atoms with Crippen LogP contribution in [0.15, 0.2) is 40.5 Å². The van der Waals surface area contributed by atoms with Gasteiger partial charge in [0, 0.05) is 11.3 Å². The van der Waals surface area contributed by atoms with Gasteiger partial charge >= 0.3 is 0 Å². The lowest BCUT2D eigenvalue weighted by molar-refractivity contribution is 0.474. The van der Waals surface area contributed by atoms with Crippen LogP contribution in [0.5, 0.6) is 5.75 Å². The zero-order valence-corrected chi connectivity index (χ0v) is 11.2.